The molecule has 0 radical (unpaired) electrons. The average molecular weight is 304 g/mol. The van der Waals surface area contributed by atoms with Crippen LogP contribution in [0, 0.1) is 0 Å². The normalized spacial score (nSPS) is 10.6. The Kier molecular flexibility index (Phi) is 4.99. The number of Topliss-reactive ketones (excluding diaryl/α,β-unsaturated/α-hetero) is 1. The molecule has 0 amide bonds. The summed E-state index contributed by atoms with van der Waals surface area (Å²) in [5.41, 5.74) is 3.14. The van der Waals surface area contributed by atoms with E-state index in [2.05, 4.69) is 29.2 Å². The predicted octanol–water partition coefficient (Wildman–Crippen LogP) is 4.14. The minimum Gasteiger partial charge on any atom is -0.324 e. The van der Waals surface area contributed by atoms with Crippen molar-refractivity contribution in [3.8, 4) is 0 Å². The second-order valence-electron chi connectivity index (χ2n) is 5.65. The zero-order chi connectivity index (χ0) is 15.9. The number of hydrogen-bond donors (Lipinski definition) is 0. The molecule has 3 heteroatoms. The summed E-state index contributed by atoms with van der Waals surface area (Å²) in [4.78, 5) is 16.6. The maximum absolute atomic E-state index is 12.4. The molecule has 1 aromatic heterocycles. The molecule has 0 saturated carbocycles. The van der Waals surface area contributed by atoms with Gasteiger partial charge >= 0.3 is 0 Å². The monoisotopic (exact) mass is 304 g/mol. The van der Waals surface area contributed by atoms with Crippen LogP contribution in [0.4, 0.5) is 0 Å². The van der Waals surface area contributed by atoms with Gasteiger partial charge in [0.15, 0.2) is 5.78 Å². The van der Waals surface area contributed by atoms with Crippen LogP contribution in [0.5, 0.6) is 0 Å². The maximum Gasteiger partial charge on any atom is 0.180 e. The van der Waals surface area contributed by atoms with Gasteiger partial charge in [-0.05, 0) is 24.0 Å². The number of rotatable bonds is 7. The second kappa shape index (κ2) is 7.54. The third-order valence-corrected chi connectivity index (χ3v) is 3.91. The molecule has 3 rings (SSSR count). The summed E-state index contributed by atoms with van der Waals surface area (Å²) < 4.78 is 1.93. The third kappa shape index (κ3) is 4.16. The van der Waals surface area contributed by atoms with Gasteiger partial charge in [-0.15, -0.1) is 0 Å². The van der Waals surface area contributed by atoms with Gasteiger partial charge in [0.2, 0.25) is 0 Å². The quantitative estimate of drug-likeness (QED) is 0.615. The Hall–Kier alpha value is -2.68. The van der Waals surface area contributed by atoms with E-state index in [0.717, 1.165) is 12.8 Å². The lowest BCUT2D eigenvalue weighted by Crippen LogP contribution is -2.09. The van der Waals surface area contributed by atoms with E-state index < -0.39 is 0 Å². The molecule has 0 bridgehead atoms. The fourth-order valence-electron chi connectivity index (χ4n) is 2.68. The Bertz CT molecular complexity index is 748. The number of carbonyl (C=O) groups is 1. The SMILES string of the molecule is O=C(CCCc1ccccc1)c1cncn1Cc1ccccc1. The second-order valence-corrected chi connectivity index (χ2v) is 5.65. The smallest absolute Gasteiger partial charge is 0.180 e. The summed E-state index contributed by atoms with van der Waals surface area (Å²) in [6, 6.07) is 20.4. The van der Waals surface area contributed by atoms with Crippen LogP contribution in [0.2, 0.25) is 0 Å². The highest BCUT2D eigenvalue weighted by Crippen LogP contribution is 2.11. The molecule has 1 heterocycles. The molecule has 0 spiro atoms. The number of carbonyl (C=O) groups excluding carboxylic acids is 1. The van der Waals surface area contributed by atoms with Crippen molar-refractivity contribution in [1.29, 1.82) is 0 Å². The van der Waals surface area contributed by atoms with Crippen molar-refractivity contribution in [3.63, 3.8) is 0 Å². The lowest BCUT2D eigenvalue weighted by molar-refractivity contribution is 0.0971. The minimum absolute atomic E-state index is 0.161. The molecule has 3 nitrogen and oxygen atoms in total. The van der Waals surface area contributed by atoms with Crippen molar-refractivity contribution < 1.29 is 4.79 Å². The van der Waals surface area contributed by atoms with Gasteiger partial charge < -0.3 is 4.57 Å². The van der Waals surface area contributed by atoms with Gasteiger partial charge in [-0.2, -0.15) is 0 Å². The Labute approximate surface area is 136 Å². The highest BCUT2D eigenvalue weighted by Gasteiger charge is 2.11. The van der Waals surface area contributed by atoms with Crippen LogP contribution >= 0.6 is 0 Å². The first-order valence-electron chi connectivity index (χ1n) is 7.94. The van der Waals surface area contributed by atoms with Crippen LogP contribution in [0.15, 0.2) is 73.2 Å². The van der Waals surface area contributed by atoms with E-state index in [9.17, 15) is 4.79 Å². The highest BCUT2D eigenvalue weighted by atomic mass is 16.1. The summed E-state index contributed by atoms with van der Waals surface area (Å²) in [5.74, 6) is 0.161. The maximum atomic E-state index is 12.4. The van der Waals surface area contributed by atoms with Gasteiger partial charge in [-0.3, -0.25) is 4.79 Å². The van der Waals surface area contributed by atoms with E-state index in [1.54, 1.807) is 12.5 Å². The average Bonchev–Trinajstić information content (AvgIpc) is 3.05. The van der Waals surface area contributed by atoms with Gasteiger partial charge in [0.25, 0.3) is 0 Å². The standard InChI is InChI=1S/C20H20N2O/c23-20(13-7-12-17-8-3-1-4-9-17)19-14-21-16-22(19)15-18-10-5-2-6-11-18/h1-6,8-11,14,16H,7,12-13,15H2. The Morgan fingerprint density at radius 2 is 1.57 bits per heavy atom. The molecule has 0 aliphatic heterocycles. The first kappa shape index (κ1) is 15.2. The Morgan fingerprint density at radius 1 is 0.913 bits per heavy atom. The number of ketones is 1. The lowest BCUT2D eigenvalue weighted by Gasteiger charge is -2.07. The van der Waals surface area contributed by atoms with Crippen molar-refractivity contribution >= 4 is 5.78 Å². The molecule has 0 N–H and O–H groups in total. The molecule has 0 fully saturated rings. The van der Waals surface area contributed by atoms with Crippen LogP contribution in [0.25, 0.3) is 0 Å². The molecule has 0 aliphatic rings. The number of hydrogen-bond acceptors (Lipinski definition) is 2. The largest absolute Gasteiger partial charge is 0.324 e. The van der Waals surface area contributed by atoms with Gasteiger partial charge in [0.05, 0.1) is 12.5 Å². The first-order chi connectivity index (χ1) is 11.3. The fourth-order valence-corrected chi connectivity index (χ4v) is 2.68. The van der Waals surface area contributed by atoms with E-state index >= 15 is 0 Å². The third-order valence-electron chi connectivity index (χ3n) is 3.91. The number of aryl methyl sites for hydroxylation is 1. The minimum atomic E-state index is 0.161. The summed E-state index contributed by atoms with van der Waals surface area (Å²) >= 11 is 0. The lowest BCUT2D eigenvalue weighted by atomic mass is 10.1. The zero-order valence-corrected chi connectivity index (χ0v) is 13.1. The number of aromatic nitrogens is 2. The summed E-state index contributed by atoms with van der Waals surface area (Å²) in [6.45, 7) is 0.681. The zero-order valence-electron chi connectivity index (χ0n) is 13.1. The van der Waals surface area contributed by atoms with Gasteiger partial charge in [0, 0.05) is 13.0 Å². The molecule has 0 unspecified atom stereocenters. The van der Waals surface area contributed by atoms with Gasteiger partial charge in [-0.25, -0.2) is 4.98 Å². The molecule has 2 aromatic carbocycles. The summed E-state index contributed by atoms with van der Waals surface area (Å²) in [5, 5.41) is 0. The van der Waals surface area contributed by atoms with Crippen LogP contribution in [0.3, 0.4) is 0 Å². The van der Waals surface area contributed by atoms with Crippen LogP contribution < -0.4 is 0 Å². The first-order valence-corrected chi connectivity index (χ1v) is 7.94. The molecule has 3 aromatic rings. The van der Waals surface area contributed by atoms with Crippen molar-refractivity contribution in [3.05, 3.63) is 90.0 Å². The topological polar surface area (TPSA) is 34.9 Å². The number of imidazole rings is 1. The Morgan fingerprint density at radius 3 is 2.26 bits per heavy atom. The summed E-state index contributed by atoms with van der Waals surface area (Å²) in [6.07, 6.45) is 5.75. The van der Waals surface area contributed by atoms with Crippen molar-refractivity contribution in [1.82, 2.24) is 9.55 Å². The van der Waals surface area contributed by atoms with Crippen LogP contribution in [0.1, 0.15) is 34.5 Å². The molecule has 0 atom stereocenters. The van der Waals surface area contributed by atoms with E-state index in [1.807, 2.05) is 41.0 Å². The van der Waals surface area contributed by atoms with E-state index in [1.165, 1.54) is 11.1 Å². The molecular formula is C20H20N2O. The van der Waals surface area contributed by atoms with Crippen molar-refractivity contribution in [2.24, 2.45) is 0 Å². The van der Waals surface area contributed by atoms with E-state index in [-0.39, 0.29) is 5.78 Å². The molecule has 23 heavy (non-hydrogen) atoms. The van der Waals surface area contributed by atoms with Gasteiger partial charge in [-0.1, -0.05) is 60.7 Å². The number of benzene rings is 2. The molecule has 116 valence electrons. The van der Waals surface area contributed by atoms with Crippen molar-refractivity contribution in [2.45, 2.75) is 25.8 Å². The molecule has 0 saturated heterocycles. The van der Waals surface area contributed by atoms with Crippen LogP contribution in [-0.4, -0.2) is 15.3 Å². The molecular weight excluding hydrogens is 284 g/mol. The van der Waals surface area contributed by atoms with Crippen molar-refractivity contribution in [2.75, 3.05) is 0 Å². The number of nitrogens with zero attached hydrogens (tertiary/aromatic N) is 2. The Balaban J connectivity index is 1.59. The van der Waals surface area contributed by atoms with Gasteiger partial charge in [0.1, 0.15) is 5.69 Å². The summed E-state index contributed by atoms with van der Waals surface area (Å²) in [7, 11) is 0. The highest BCUT2D eigenvalue weighted by molar-refractivity contribution is 5.94. The van der Waals surface area contributed by atoms with E-state index in [4.69, 9.17) is 0 Å². The molecule has 0 aliphatic carbocycles. The fraction of sp³-hybridized carbons (Fsp3) is 0.200. The van der Waals surface area contributed by atoms with Crippen LogP contribution in [-0.2, 0) is 13.0 Å². The van der Waals surface area contributed by atoms with E-state index in [0.29, 0.717) is 18.7 Å². The predicted molar refractivity (Wildman–Crippen MR) is 91.5 cm³/mol.